The maximum absolute atomic E-state index is 10.7. The van der Waals surface area contributed by atoms with Crippen LogP contribution in [-0.4, -0.2) is 20.1 Å². The zero-order valence-electron chi connectivity index (χ0n) is 13.3. The number of rotatable bonds is 1. The van der Waals surface area contributed by atoms with Gasteiger partial charge in [-0.3, -0.25) is 0 Å². The minimum absolute atomic E-state index is 0.152. The third-order valence-corrected chi connectivity index (χ3v) is 4.16. The van der Waals surface area contributed by atoms with Gasteiger partial charge in [0.25, 0.3) is 0 Å². The fraction of sp³-hybridized carbons (Fsp3) is 0.412. The molecule has 0 radical (unpaired) electrons. The van der Waals surface area contributed by atoms with Crippen LogP contribution in [0.15, 0.2) is 17.2 Å². The normalized spacial score (nSPS) is 14.7. The molecule has 1 heterocycles. The molecule has 1 aromatic heterocycles. The first kappa shape index (κ1) is 15.1. The molecule has 0 bridgehead atoms. The SMILES string of the molecule is Cc1cc(-n2nc3c(n2)CCC(Cl)=C3)c(O)c(C(C)(C)C)c1. The van der Waals surface area contributed by atoms with Crippen LogP contribution < -0.4 is 0 Å². The molecule has 0 amide bonds. The van der Waals surface area contributed by atoms with Gasteiger partial charge in [-0.05, 0) is 42.9 Å². The first-order chi connectivity index (χ1) is 10.3. The molecule has 0 unspecified atom stereocenters. The Morgan fingerprint density at radius 3 is 2.59 bits per heavy atom. The van der Waals surface area contributed by atoms with Gasteiger partial charge in [-0.2, -0.15) is 5.10 Å². The second kappa shape index (κ2) is 5.13. The minimum atomic E-state index is -0.152. The molecule has 5 heteroatoms. The van der Waals surface area contributed by atoms with Crippen LogP contribution in [0, 0.1) is 6.92 Å². The largest absolute Gasteiger partial charge is 0.505 e. The summed E-state index contributed by atoms with van der Waals surface area (Å²) in [7, 11) is 0. The number of allylic oxidation sites excluding steroid dienone is 1. The van der Waals surface area contributed by atoms with Crippen molar-refractivity contribution in [3.8, 4) is 11.4 Å². The fourth-order valence-corrected chi connectivity index (χ4v) is 2.89. The Bertz CT molecular complexity index is 769. The molecule has 1 aromatic carbocycles. The molecule has 116 valence electrons. The predicted molar refractivity (Wildman–Crippen MR) is 88.6 cm³/mol. The van der Waals surface area contributed by atoms with Crippen molar-refractivity contribution in [2.45, 2.75) is 46.0 Å². The van der Waals surface area contributed by atoms with Crippen molar-refractivity contribution in [3.05, 3.63) is 39.7 Å². The molecule has 22 heavy (non-hydrogen) atoms. The van der Waals surface area contributed by atoms with E-state index in [1.54, 1.807) is 0 Å². The van der Waals surface area contributed by atoms with E-state index in [9.17, 15) is 5.11 Å². The van der Waals surface area contributed by atoms with E-state index < -0.39 is 0 Å². The van der Waals surface area contributed by atoms with Gasteiger partial charge in [-0.1, -0.05) is 38.4 Å². The van der Waals surface area contributed by atoms with Gasteiger partial charge in [-0.15, -0.1) is 9.90 Å². The Hall–Kier alpha value is -1.81. The number of hydrogen-bond acceptors (Lipinski definition) is 3. The smallest absolute Gasteiger partial charge is 0.146 e. The number of hydrogen-bond donors (Lipinski definition) is 1. The van der Waals surface area contributed by atoms with E-state index in [2.05, 4.69) is 31.0 Å². The maximum Gasteiger partial charge on any atom is 0.146 e. The number of aromatic hydroxyl groups is 1. The highest BCUT2D eigenvalue weighted by molar-refractivity contribution is 6.31. The Morgan fingerprint density at radius 1 is 1.18 bits per heavy atom. The molecule has 0 saturated heterocycles. The lowest BCUT2D eigenvalue weighted by molar-refractivity contribution is 0.439. The van der Waals surface area contributed by atoms with Crippen molar-refractivity contribution >= 4 is 17.7 Å². The van der Waals surface area contributed by atoms with Crippen LogP contribution in [-0.2, 0) is 11.8 Å². The van der Waals surface area contributed by atoms with Crippen LogP contribution >= 0.6 is 11.6 Å². The van der Waals surface area contributed by atoms with Gasteiger partial charge in [0.05, 0.1) is 5.69 Å². The summed E-state index contributed by atoms with van der Waals surface area (Å²) >= 11 is 6.08. The van der Waals surface area contributed by atoms with Gasteiger partial charge < -0.3 is 5.11 Å². The second-order valence-electron chi connectivity index (χ2n) is 6.84. The van der Waals surface area contributed by atoms with Gasteiger partial charge in [0, 0.05) is 10.6 Å². The summed E-state index contributed by atoms with van der Waals surface area (Å²) in [5.41, 5.74) is 4.13. The third kappa shape index (κ3) is 2.63. The summed E-state index contributed by atoms with van der Waals surface area (Å²) in [4.78, 5) is 1.52. The van der Waals surface area contributed by atoms with Crippen molar-refractivity contribution in [2.75, 3.05) is 0 Å². The Labute approximate surface area is 135 Å². The highest BCUT2D eigenvalue weighted by Crippen LogP contribution is 2.36. The van der Waals surface area contributed by atoms with Crippen LogP contribution in [0.2, 0.25) is 0 Å². The van der Waals surface area contributed by atoms with Crippen LogP contribution in [0.3, 0.4) is 0 Å². The molecule has 2 aromatic rings. The van der Waals surface area contributed by atoms with Crippen molar-refractivity contribution in [1.82, 2.24) is 15.0 Å². The molecule has 0 spiro atoms. The van der Waals surface area contributed by atoms with Crippen molar-refractivity contribution in [3.63, 3.8) is 0 Å². The van der Waals surface area contributed by atoms with Gasteiger partial charge in [0.2, 0.25) is 0 Å². The van der Waals surface area contributed by atoms with Crippen LogP contribution in [0.1, 0.15) is 49.7 Å². The van der Waals surface area contributed by atoms with E-state index in [-0.39, 0.29) is 11.2 Å². The van der Waals surface area contributed by atoms with Crippen LogP contribution in [0.5, 0.6) is 5.75 Å². The quantitative estimate of drug-likeness (QED) is 0.861. The van der Waals surface area contributed by atoms with Gasteiger partial charge in [-0.25, -0.2) is 0 Å². The highest BCUT2D eigenvalue weighted by Gasteiger charge is 2.23. The molecular weight excluding hydrogens is 298 g/mol. The molecule has 3 rings (SSSR count). The lowest BCUT2D eigenvalue weighted by Crippen LogP contribution is -2.13. The number of aryl methyl sites for hydroxylation is 2. The van der Waals surface area contributed by atoms with Crippen LogP contribution in [0.4, 0.5) is 0 Å². The van der Waals surface area contributed by atoms with Gasteiger partial charge in [0.1, 0.15) is 17.1 Å². The van der Waals surface area contributed by atoms with E-state index in [4.69, 9.17) is 11.6 Å². The van der Waals surface area contributed by atoms with E-state index >= 15 is 0 Å². The summed E-state index contributed by atoms with van der Waals surface area (Å²) in [5.74, 6) is 0.237. The Morgan fingerprint density at radius 2 is 1.91 bits per heavy atom. The maximum atomic E-state index is 10.7. The zero-order valence-corrected chi connectivity index (χ0v) is 14.1. The molecular formula is C17H20ClN3O. The molecule has 0 aliphatic heterocycles. The second-order valence-corrected chi connectivity index (χ2v) is 7.33. The third-order valence-electron chi connectivity index (χ3n) is 3.87. The first-order valence-electron chi connectivity index (χ1n) is 7.42. The van der Waals surface area contributed by atoms with E-state index in [0.717, 1.165) is 40.4 Å². The first-order valence-corrected chi connectivity index (χ1v) is 7.80. The molecule has 4 nitrogen and oxygen atoms in total. The topological polar surface area (TPSA) is 50.9 Å². The highest BCUT2D eigenvalue weighted by atomic mass is 35.5. The van der Waals surface area contributed by atoms with Gasteiger partial charge >= 0.3 is 0 Å². The molecule has 1 aliphatic carbocycles. The summed E-state index contributed by atoms with van der Waals surface area (Å²) < 4.78 is 0. The Balaban J connectivity index is 2.16. The number of halogens is 1. The summed E-state index contributed by atoms with van der Waals surface area (Å²) in [6.45, 7) is 8.25. The molecule has 0 atom stereocenters. The van der Waals surface area contributed by atoms with Gasteiger partial charge in [0.15, 0.2) is 0 Å². The zero-order chi connectivity index (χ0) is 16.1. The molecule has 1 N–H and O–H groups in total. The summed E-state index contributed by atoms with van der Waals surface area (Å²) in [5, 5.41) is 20.5. The molecule has 1 aliphatic rings. The summed E-state index contributed by atoms with van der Waals surface area (Å²) in [6, 6.07) is 3.92. The lowest BCUT2D eigenvalue weighted by atomic mass is 9.85. The van der Waals surface area contributed by atoms with Crippen molar-refractivity contribution < 1.29 is 5.11 Å². The number of nitrogens with zero attached hydrogens (tertiary/aromatic N) is 3. The van der Waals surface area contributed by atoms with Crippen molar-refractivity contribution in [1.29, 1.82) is 0 Å². The summed E-state index contributed by atoms with van der Waals surface area (Å²) in [6.07, 6.45) is 3.42. The minimum Gasteiger partial charge on any atom is -0.505 e. The molecule has 0 fully saturated rings. The number of benzene rings is 1. The lowest BCUT2D eigenvalue weighted by Gasteiger charge is -2.22. The van der Waals surface area contributed by atoms with Crippen LogP contribution in [0.25, 0.3) is 11.8 Å². The van der Waals surface area contributed by atoms with Crippen molar-refractivity contribution in [2.24, 2.45) is 0 Å². The van der Waals surface area contributed by atoms with E-state index in [1.807, 2.05) is 25.1 Å². The van der Waals surface area contributed by atoms with E-state index in [0.29, 0.717) is 5.69 Å². The number of phenolic OH excluding ortho intramolecular Hbond substituents is 1. The molecule has 0 saturated carbocycles. The average Bonchev–Trinajstić information content (AvgIpc) is 2.82. The standard InChI is InChI=1S/C17H20ClN3O/c1-10-7-12(17(2,3)4)16(22)15(8-10)21-19-13-6-5-11(18)9-14(13)20-21/h7-9,22H,5-6H2,1-4H3. The Kier molecular flexibility index (Phi) is 3.52. The number of aromatic nitrogens is 3. The number of phenols is 1. The average molecular weight is 318 g/mol. The number of fused-ring (bicyclic) bond motifs is 1. The predicted octanol–water partition coefficient (Wildman–Crippen LogP) is 4.10. The monoisotopic (exact) mass is 317 g/mol. The van der Waals surface area contributed by atoms with E-state index in [1.165, 1.54) is 4.80 Å². The fourth-order valence-electron chi connectivity index (χ4n) is 2.69.